The molecule has 0 radical (unpaired) electrons. The van der Waals surface area contributed by atoms with E-state index in [-0.39, 0.29) is 30.7 Å². The van der Waals surface area contributed by atoms with Crippen molar-refractivity contribution in [3.8, 4) is 16.3 Å². The van der Waals surface area contributed by atoms with Gasteiger partial charge < -0.3 is 15.8 Å². The number of Topliss-reactive ketones (excluding diaryl/α,β-unsaturated/α-hetero) is 1. The number of pyridine rings is 2. The van der Waals surface area contributed by atoms with Gasteiger partial charge in [-0.1, -0.05) is 11.6 Å². The zero-order valence-corrected chi connectivity index (χ0v) is 17.7. The Morgan fingerprint density at radius 2 is 2.07 bits per heavy atom. The molecule has 0 saturated heterocycles. The van der Waals surface area contributed by atoms with Crippen molar-refractivity contribution in [2.24, 2.45) is 0 Å². The van der Waals surface area contributed by atoms with E-state index < -0.39 is 0 Å². The molecule has 0 spiro atoms. The summed E-state index contributed by atoms with van der Waals surface area (Å²) in [5, 5.41) is 3.06. The zero-order valence-electron chi connectivity index (χ0n) is 16.1. The van der Waals surface area contributed by atoms with Crippen LogP contribution in [0.3, 0.4) is 0 Å². The third-order valence-electron chi connectivity index (χ3n) is 3.92. The first-order chi connectivity index (χ1) is 14.4. The summed E-state index contributed by atoms with van der Waals surface area (Å²) >= 11 is 7.64. The maximum atomic E-state index is 11.8. The van der Waals surface area contributed by atoms with E-state index in [0.29, 0.717) is 15.7 Å². The van der Waals surface area contributed by atoms with E-state index in [2.05, 4.69) is 15.3 Å². The number of nitrogens with one attached hydrogen (secondary N) is 1. The van der Waals surface area contributed by atoms with Gasteiger partial charge in [0.2, 0.25) is 11.8 Å². The molecule has 0 aliphatic carbocycles. The molecule has 0 aliphatic heterocycles. The molecule has 3 aromatic heterocycles. The van der Waals surface area contributed by atoms with E-state index in [4.69, 9.17) is 22.1 Å². The van der Waals surface area contributed by atoms with Crippen molar-refractivity contribution in [2.75, 3.05) is 18.9 Å². The molecule has 30 heavy (non-hydrogen) atoms. The van der Waals surface area contributed by atoms with Crippen LogP contribution in [0.15, 0.2) is 48.8 Å². The van der Waals surface area contributed by atoms with Crippen molar-refractivity contribution in [3.63, 3.8) is 0 Å². The monoisotopic (exact) mass is 442 g/mol. The number of rotatable bonds is 8. The number of aromatic nitrogens is 2. The highest BCUT2D eigenvalue weighted by Gasteiger charge is 2.10. The van der Waals surface area contributed by atoms with Crippen molar-refractivity contribution >= 4 is 46.5 Å². The first-order valence-electron chi connectivity index (χ1n) is 8.99. The number of hydrogen-bond donors (Lipinski definition) is 2. The number of ketones is 1. The van der Waals surface area contributed by atoms with Crippen molar-refractivity contribution in [1.29, 1.82) is 0 Å². The summed E-state index contributed by atoms with van der Waals surface area (Å²) in [6.45, 7) is 2.03. The molecule has 3 N–H and O–H groups in total. The second-order valence-electron chi connectivity index (χ2n) is 6.22. The smallest absolute Gasteiger partial charge is 0.244 e. The maximum absolute atomic E-state index is 11.8. The summed E-state index contributed by atoms with van der Waals surface area (Å²) in [7, 11) is 0. The van der Waals surface area contributed by atoms with Gasteiger partial charge in [-0.2, -0.15) is 0 Å². The topological polar surface area (TPSA) is 107 Å². The van der Waals surface area contributed by atoms with E-state index >= 15 is 0 Å². The van der Waals surface area contributed by atoms with Gasteiger partial charge in [-0.05, 0) is 48.9 Å². The van der Waals surface area contributed by atoms with Crippen LogP contribution in [0.4, 0.5) is 5.82 Å². The fourth-order valence-electron chi connectivity index (χ4n) is 2.42. The van der Waals surface area contributed by atoms with E-state index in [1.54, 1.807) is 42.7 Å². The number of thiophene rings is 1. The van der Waals surface area contributed by atoms with Crippen molar-refractivity contribution in [2.45, 2.75) is 6.92 Å². The van der Waals surface area contributed by atoms with Gasteiger partial charge in [-0.15, -0.1) is 11.3 Å². The number of anilines is 1. The van der Waals surface area contributed by atoms with Crippen molar-refractivity contribution in [3.05, 3.63) is 64.3 Å². The van der Waals surface area contributed by atoms with Crippen LogP contribution in [0.2, 0.25) is 5.02 Å². The van der Waals surface area contributed by atoms with Gasteiger partial charge in [0.15, 0.2) is 5.78 Å². The molecule has 0 bridgehead atoms. The largest absolute Gasteiger partial charge is 0.475 e. The summed E-state index contributed by atoms with van der Waals surface area (Å²) in [6, 6.07) is 8.81. The Hall–Kier alpha value is -3.23. The minimum absolute atomic E-state index is 0.0206. The van der Waals surface area contributed by atoms with Crippen LogP contribution in [0, 0.1) is 0 Å². The highest BCUT2D eigenvalue weighted by Crippen LogP contribution is 2.32. The molecule has 0 atom stereocenters. The van der Waals surface area contributed by atoms with Crippen LogP contribution in [-0.2, 0) is 4.79 Å². The number of nitrogen functional groups attached to an aromatic ring is 1. The molecule has 0 saturated carbocycles. The summed E-state index contributed by atoms with van der Waals surface area (Å²) < 4.78 is 5.54. The molecule has 3 aromatic rings. The van der Waals surface area contributed by atoms with E-state index in [0.717, 1.165) is 16.0 Å². The first kappa shape index (κ1) is 21.5. The molecule has 0 aromatic carbocycles. The Morgan fingerprint density at radius 1 is 1.23 bits per heavy atom. The quantitative estimate of drug-likeness (QED) is 0.311. The molecule has 0 aliphatic rings. The Bertz CT molecular complexity index is 1080. The van der Waals surface area contributed by atoms with Crippen molar-refractivity contribution in [1.82, 2.24) is 15.3 Å². The van der Waals surface area contributed by atoms with Crippen LogP contribution in [0.25, 0.3) is 16.5 Å². The fourth-order valence-corrected chi connectivity index (χ4v) is 3.52. The number of halogens is 1. The highest BCUT2D eigenvalue weighted by molar-refractivity contribution is 7.17. The molecule has 154 valence electrons. The lowest BCUT2D eigenvalue weighted by Gasteiger charge is -2.08. The Labute approximate surface area is 182 Å². The number of hydrogen-bond acceptors (Lipinski definition) is 7. The number of amides is 1. The average Bonchev–Trinajstić information content (AvgIpc) is 3.22. The normalized spacial score (nSPS) is 10.9. The molecule has 3 rings (SSSR count). The third kappa shape index (κ3) is 5.88. The summed E-state index contributed by atoms with van der Waals surface area (Å²) in [6.07, 6.45) is 6.26. The number of carbonyl (C=O) groups excluding carboxylic acids is 2. The predicted molar refractivity (Wildman–Crippen MR) is 119 cm³/mol. The van der Waals surface area contributed by atoms with E-state index in [1.165, 1.54) is 24.3 Å². The molecular weight excluding hydrogens is 424 g/mol. The molecule has 7 nitrogen and oxygen atoms in total. The minimum Gasteiger partial charge on any atom is -0.475 e. The van der Waals surface area contributed by atoms with Crippen LogP contribution < -0.4 is 15.8 Å². The first-order valence-corrected chi connectivity index (χ1v) is 10.2. The lowest BCUT2D eigenvalue weighted by molar-refractivity contribution is -0.116. The van der Waals surface area contributed by atoms with Gasteiger partial charge in [0, 0.05) is 28.9 Å². The number of carbonyl (C=O) groups is 2. The lowest BCUT2D eigenvalue weighted by Crippen LogP contribution is -2.26. The second-order valence-corrected chi connectivity index (χ2v) is 7.71. The number of ether oxygens (including phenoxy) is 1. The van der Waals surface area contributed by atoms with Crippen LogP contribution in [-0.4, -0.2) is 34.8 Å². The predicted octanol–water partition coefficient (Wildman–Crippen LogP) is 3.85. The molecule has 9 heteroatoms. The van der Waals surface area contributed by atoms with Gasteiger partial charge in [0.25, 0.3) is 0 Å². The van der Waals surface area contributed by atoms with Gasteiger partial charge in [-0.25, -0.2) is 9.97 Å². The molecule has 0 fully saturated rings. The Morgan fingerprint density at radius 3 is 2.73 bits per heavy atom. The molecule has 0 unspecified atom stereocenters. The van der Waals surface area contributed by atoms with Gasteiger partial charge in [-0.3, -0.25) is 9.59 Å². The highest BCUT2D eigenvalue weighted by atomic mass is 35.5. The number of nitrogens with zero attached hydrogens (tertiary/aromatic N) is 2. The lowest BCUT2D eigenvalue weighted by atomic mass is 10.2. The SMILES string of the molecule is CC(=O)c1ccc(-c2cnc(OCCNC(=O)C=Cc3ccc(N)nc3)c(Cl)c2)s1. The molecule has 1 amide bonds. The maximum Gasteiger partial charge on any atom is 0.244 e. The second kappa shape index (κ2) is 10.00. The van der Waals surface area contributed by atoms with Gasteiger partial charge in [0.1, 0.15) is 17.4 Å². The fraction of sp³-hybridized carbons (Fsp3) is 0.143. The van der Waals surface area contributed by atoms with Gasteiger partial charge in [0.05, 0.1) is 11.4 Å². The molecular formula is C21H19ClN4O3S. The van der Waals surface area contributed by atoms with Crippen LogP contribution in [0.1, 0.15) is 22.2 Å². The van der Waals surface area contributed by atoms with Gasteiger partial charge >= 0.3 is 0 Å². The third-order valence-corrected chi connectivity index (χ3v) is 5.43. The van der Waals surface area contributed by atoms with Crippen molar-refractivity contribution < 1.29 is 14.3 Å². The van der Waals surface area contributed by atoms with E-state index in [9.17, 15) is 9.59 Å². The molecule has 3 heterocycles. The Kier molecular flexibility index (Phi) is 7.16. The Balaban J connectivity index is 1.48. The standard InChI is InChI=1S/C21H19ClN4O3S/c1-13(27)17-4-5-18(30-17)15-10-16(22)21(26-12-15)29-9-8-24-20(28)7-3-14-2-6-19(23)25-11-14/h2-7,10-12H,8-9H2,1H3,(H2,23,25)(H,24,28). The summed E-state index contributed by atoms with van der Waals surface area (Å²) in [4.78, 5) is 33.0. The van der Waals surface area contributed by atoms with E-state index in [1.807, 2.05) is 6.07 Å². The van der Waals surface area contributed by atoms with Crippen LogP contribution >= 0.6 is 22.9 Å². The summed E-state index contributed by atoms with van der Waals surface area (Å²) in [5.41, 5.74) is 7.09. The summed E-state index contributed by atoms with van der Waals surface area (Å²) in [5.74, 6) is 0.461. The number of nitrogens with two attached hydrogens (primary N) is 1. The van der Waals surface area contributed by atoms with Crippen LogP contribution in [0.5, 0.6) is 5.88 Å². The average molecular weight is 443 g/mol. The zero-order chi connectivity index (χ0) is 21.5. The minimum atomic E-state index is -0.260.